The van der Waals surface area contributed by atoms with E-state index in [-0.39, 0.29) is 5.41 Å². The molecule has 1 aromatic heterocycles. The highest BCUT2D eigenvalue weighted by Gasteiger charge is 2.19. The number of hydrogen-bond acceptors (Lipinski definition) is 4. The number of rotatable bonds is 6. The fourth-order valence-corrected chi connectivity index (χ4v) is 3.71. The molecule has 0 aliphatic carbocycles. The van der Waals surface area contributed by atoms with E-state index in [0.29, 0.717) is 22.2 Å². The monoisotopic (exact) mass is 409 g/mol. The highest BCUT2D eigenvalue weighted by atomic mass is 35.5. The van der Waals surface area contributed by atoms with Crippen LogP contribution in [-0.2, 0) is 16.8 Å². The molecule has 1 aromatic carbocycles. The van der Waals surface area contributed by atoms with E-state index in [0.717, 1.165) is 24.2 Å². The van der Waals surface area contributed by atoms with Crippen LogP contribution < -0.4 is 9.54 Å². The van der Waals surface area contributed by atoms with Crippen LogP contribution in [0.25, 0.3) is 0 Å². The van der Waals surface area contributed by atoms with Gasteiger partial charge < -0.3 is 14.1 Å². The van der Waals surface area contributed by atoms with Crippen molar-refractivity contribution >= 4 is 28.8 Å². The first-order chi connectivity index (χ1) is 12.8. The summed E-state index contributed by atoms with van der Waals surface area (Å²) in [4.78, 5) is 12.0. The van der Waals surface area contributed by atoms with E-state index in [9.17, 15) is 0 Å². The Balaban J connectivity index is 2.63. The summed E-state index contributed by atoms with van der Waals surface area (Å²) in [6.45, 7) is 9.71. The van der Waals surface area contributed by atoms with Crippen molar-refractivity contribution in [3.63, 3.8) is 0 Å². The van der Waals surface area contributed by atoms with Crippen LogP contribution in [0.2, 0.25) is 5.02 Å². The van der Waals surface area contributed by atoms with Gasteiger partial charge in [0.15, 0.2) is 4.80 Å². The lowest BCUT2D eigenvalue weighted by atomic mass is 9.95. The number of oxime groups is 1. The summed E-state index contributed by atoms with van der Waals surface area (Å²) < 4.78 is 7.65. The SMILES string of the molecule is CCCCn1cc(C(C)(C)C)sc1=NC(=NOC)c1cc(Cl)ccc1OC. The predicted octanol–water partition coefficient (Wildman–Crippen LogP) is 5.22. The van der Waals surface area contributed by atoms with Crippen LogP contribution in [0, 0.1) is 0 Å². The first-order valence-corrected chi connectivity index (χ1v) is 10.2. The predicted molar refractivity (Wildman–Crippen MR) is 113 cm³/mol. The van der Waals surface area contributed by atoms with Crippen molar-refractivity contribution in [2.75, 3.05) is 14.2 Å². The number of ether oxygens (including phenoxy) is 1. The second kappa shape index (κ2) is 9.42. The van der Waals surface area contributed by atoms with Gasteiger partial charge in [-0.3, -0.25) is 0 Å². The molecular weight excluding hydrogens is 382 g/mol. The fraction of sp³-hybridized carbons (Fsp3) is 0.500. The van der Waals surface area contributed by atoms with Gasteiger partial charge in [0.1, 0.15) is 12.9 Å². The number of benzene rings is 1. The zero-order chi connectivity index (χ0) is 20.0. The van der Waals surface area contributed by atoms with Crippen molar-refractivity contribution in [1.29, 1.82) is 0 Å². The lowest BCUT2D eigenvalue weighted by Crippen LogP contribution is -2.17. The number of hydrogen-bond donors (Lipinski definition) is 0. The quantitative estimate of drug-likeness (QED) is 0.373. The van der Waals surface area contributed by atoms with Gasteiger partial charge in [-0.2, -0.15) is 4.99 Å². The van der Waals surface area contributed by atoms with Crippen molar-refractivity contribution in [2.45, 2.75) is 52.5 Å². The topological polar surface area (TPSA) is 48.1 Å². The highest BCUT2D eigenvalue weighted by Crippen LogP contribution is 2.26. The summed E-state index contributed by atoms with van der Waals surface area (Å²) in [6, 6.07) is 5.37. The summed E-state index contributed by atoms with van der Waals surface area (Å²) in [7, 11) is 3.12. The molecule has 0 atom stereocenters. The Bertz CT molecular complexity index is 863. The van der Waals surface area contributed by atoms with Gasteiger partial charge >= 0.3 is 0 Å². The number of halogens is 1. The van der Waals surface area contributed by atoms with Crippen LogP contribution in [-0.4, -0.2) is 24.6 Å². The Morgan fingerprint density at radius 1 is 1.26 bits per heavy atom. The normalized spacial score (nSPS) is 13.1. The zero-order valence-corrected chi connectivity index (χ0v) is 18.4. The van der Waals surface area contributed by atoms with Crippen molar-refractivity contribution in [3.8, 4) is 5.75 Å². The molecule has 0 radical (unpaired) electrons. The molecule has 2 rings (SSSR count). The molecule has 0 fully saturated rings. The summed E-state index contributed by atoms with van der Waals surface area (Å²) in [5, 5.41) is 4.73. The molecule has 0 unspecified atom stereocenters. The maximum atomic E-state index is 6.19. The number of unbranched alkanes of at least 4 members (excludes halogenated alkanes) is 1. The molecule has 148 valence electrons. The third kappa shape index (κ3) is 5.59. The van der Waals surface area contributed by atoms with Gasteiger partial charge in [-0.15, -0.1) is 11.3 Å². The fourth-order valence-electron chi connectivity index (χ4n) is 2.46. The molecule has 0 saturated heterocycles. The Kier molecular flexibility index (Phi) is 7.50. The molecule has 7 heteroatoms. The minimum absolute atomic E-state index is 0.0543. The number of thiazole rings is 1. The van der Waals surface area contributed by atoms with Crippen molar-refractivity contribution in [3.05, 3.63) is 44.7 Å². The van der Waals surface area contributed by atoms with Gasteiger partial charge in [-0.25, -0.2) is 0 Å². The summed E-state index contributed by atoms with van der Waals surface area (Å²) >= 11 is 7.86. The van der Waals surface area contributed by atoms with Gasteiger partial charge in [0, 0.05) is 22.6 Å². The van der Waals surface area contributed by atoms with Crippen molar-refractivity contribution in [1.82, 2.24) is 4.57 Å². The second-order valence-electron chi connectivity index (χ2n) is 7.23. The van der Waals surface area contributed by atoms with Crippen LogP contribution in [0.4, 0.5) is 0 Å². The molecular formula is C20H28ClN3O2S. The number of aryl methyl sites for hydroxylation is 1. The van der Waals surface area contributed by atoms with Crippen molar-refractivity contribution < 1.29 is 9.57 Å². The molecule has 0 aliphatic heterocycles. The molecule has 27 heavy (non-hydrogen) atoms. The van der Waals surface area contributed by atoms with Crippen LogP contribution in [0.15, 0.2) is 34.5 Å². The molecule has 0 bridgehead atoms. The zero-order valence-electron chi connectivity index (χ0n) is 16.9. The molecule has 0 N–H and O–H groups in total. The third-order valence-electron chi connectivity index (χ3n) is 3.99. The molecule has 5 nitrogen and oxygen atoms in total. The largest absolute Gasteiger partial charge is 0.496 e. The van der Waals surface area contributed by atoms with Crippen LogP contribution in [0.5, 0.6) is 5.75 Å². The summed E-state index contributed by atoms with van der Waals surface area (Å²) in [6.07, 6.45) is 4.40. The number of nitrogens with zero attached hydrogens (tertiary/aromatic N) is 3. The van der Waals surface area contributed by atoms with Crippen LogP contribution in [0.3, 0.4) is 0 Å². The Morgan fingerprint density at radius 2 is 2.00 bits per heavy atom. The Morgan fingerprint density at radius 3 is 2.59 bits per heavy atom. The molecule has 0 amide bonds. The minimum Gasteiger partial charge on any atom is -0.496 e. The average Bonchev–Trinajstić information content (AvgIpc) is 3.02. The van der Waals surface area contributed by atoms with Crippen molar-refractivity contribution in [2.24, 2.45) is 10.1 Å². The van der Waals surface area contributed by atoms with E-state index < -0.39 is 0 Å². The van der Waals surface area contributed by atoms with E-state index >= 15 is 0 Å². The van der Waals surface area contributed by atoms with Gasteiger partial charge in [0.25, 0.3) is 0 Å². The Hall–Kier alpha value is -1.79. The van der Waals surface area contributed by atoms with E-state index in [1.165, 1.54) is 12.0 Å². The van der Waals surface area contributed by atoms with E-state index in [1.807, 2.05) is 0 Å². The number of aromatic nitrogens is 1. The molecule has 0 saturated carbocycles. The summed E-state index contributed by atoms with van der Waals surface area (Å²) in [5.41, 5.74) is 0.748. The van der Waals surface area contributed by atoms with Gasteiger partial charge in [0.2, 0.25) is 5.84 Å². The third-order valence-corrected chi connectivity index (χ3v) is 5.67. The molecule has 2 aromatic rings. The lowest BCUT2D eigenvalue weighted by Gasteiger charge is -2.14. The van der Waals surface area contributed by atoms with Gasteiger partial charge in [0.05, 0.1) is 12.7 Å². The van der Waals surface area contributed by atoms with Gasteiger partial charge in [-0.05, 0) is 30.0 Å². The van der Waals surface area contributed by atoms with Crippen LogP contribution in [0.1, 0.15) is 51.0 Å². The van der Waals surface area contributed by atoms with Crippen LogP contribution >= 0.6 is 22.9 Å². The van der Waals surface area contributed by atoms with E-state index in [1.54, 1.807) is 36.6 Å². The maximum absolute atomic E-state index is 6.19. The number of methoxy groups -OCH3 is 1. The lowest BCUT2D eigenvalue weighted by molar-refractivity contribution is 0.213. The first-order valence-electron chi connectivity index (χ1n) is 9.00. The standard InChI is InChI=1S/C20H28ClN3O2S/c1-7-8-11-24-13-17(20(2,3)4)27-19(24)22-18(23-26-6)15-12-14(21)9-10-16(15)25-5/h9-10,12-13H,7-8,11H2,1-6H3. The minimum atomic E-state index is 0.0543. The smallest absolute Gasteiger partial charge is 0.205 e. The van der Waals surface area contributed by atoms with Gasteiger partial charge in [-0.1, -0.05) is 50.9 Å². The Labute approximate surface area is 170 Å². The second-order valence-corrected chi connectivity index (χ2v) is 8.67. The van der Waals surface area contributed by atoms with E-state index in [4.69, 9.17) is 26.2 Å². The van der Waals surface area contributed by atoms with E-state index in [2.05, 4.69) is 43.6 Å². The highest BCUT2D eigenvalue weighted by molar-refractivity contribution is 7.09. The molecule has 0 aliphatic rings. The maximum Gasteiger partial charge on any atom is 0.205 e. The molecule has 1 heterocycles. The molecule has 0 spiro atoms. The number of amidine groups is 1. The average molecular weight is 410 g/mol. The first kappa shape index (κ1) is 21.5. The summed E-state index contributed by atoms with van der Waals surface area (Å²) in [5.74, 6) is 1.08.